The zero-order valence-corrected chi connectivity index (χ0v) is 16.4. The van der Waals surface area contributed by atoms with Crippen molar-refractivity contribution in [2.24, 2.45) is 0 Å². The zero-order valence-electron chi connectivity index (χ0n) is 15.7. The van der Waals surface area contributed by atoms with Crippen LogP contribution in [0.1, 0.15) is 19.8 Å². The van der Waals surface area contributed by atoms with E-state index in [1.807, 2.05) is 42.7 Å². The monoisotopic (exact) mass is 388 g/mol. The molecule has 0 aliphatic carbocycles. The first-order valence-electron chi connectivity index (χ1n) is 9.68. The number of unbranched alkanes of at least 4 members (excludes halogenated alkanes) is 1. The number of nitrogens with zero attached hydrogens (tertiary/aromatic N) is 1. The Morgan fingerprint density at radius 2 is 1.75 bits per heavy atom. The topological polar surface area (TPSA) is 41.0 Å². The Morgan fingerprint density at radius 1 is 0.929 bits per heavy atom. The summed E-state index contributed by atoms with van der Waals surface area (Å²) in [5.74, 6) is 0.293. The molecule has 0 amide bonds. The lowest BCUT2D eigenvalue weighted by Crippen LogP contribution is -1.97. The van der Waals surface area contributed by atoms with Crippen LogP contribution in [-0.4, -0.2) is 14.7 Å². The van der Waals surface area contributed by atoms with E-state index in [-0.39, 0.29) is 0 Å². The van der Waals surface area contributed by atoms with Gasteiger partial charge in [0.25, 0.3) is 0 Å². The normalized spacial score (nSPS) is 11.8. The number of hydrogen-bond donors (Lipinski definition) is 2. The molecule has 0 atom stereocenters. The number of aryl methyl sites for hydroxylation is 1. The molecule has 0 radical (unpaired) electrons. The molecule has 0 spiro atoms. The second-order valence-electron chi connectivity index (χ2n) is 7.29. The first-order valence-corrected chi connectivity index (χ1v) is 10.1. The lowest BCUT2D eigenvalue weighted by molar-refractivity contribution is 0.476. The summed E-state index contributed by atoms with van der Waals surface area (Å²) in [5.41, 5.74) is 4.49. The highest BCUT2D eigenvalue weighted by Gasteiger charge is 2.18. The summed E-state index contributed by atoms with van der Waals surface area (Å²) in [7, 11) is 0. The maximum Gasteiger partial charge on any atom is 0.116 e. The van der Waals surface area contributed by atoms with Crippen molar-refractivity contribution in [1.29, 1.82) is 0 Å². The van der Waals surface area contributed by atoms with Crippen molar-refractivity contribution in [3.8, 4) is 16.9 Å². The fraction of sp³-hybridized carbons (Fsp3) is 0.167. The van der Waals surface area contributed by atoms with E-state index in [4.69, 9.17) is 11.6 Å². The minimum Gasteiger partial charge on any atom is -0.508 e. The maximum absolute atomic E-state index is 10.1. The van der Waals surface area contributed by atoms with Gasteiger partial charge in [-0.15, -0.1) is 0 Å². The molecule has 2 heterocycles. The van der Waals surface area contributed by atoms with Crippen molar-refractivity contribution in [1.82, 2.24) is 9.55 Å². The van der Waals surface area contributed by atoms with E-state index in [9.17, 15) is 5.11 Å². The number of hydrogen-bond acceptors (Lipinski definition) is 1. The molecule has 0 bridgehead atoms. The van der Waals surface area contributed by atoms with Gasteiger partial charge in [0.1, 0.15) is 5.75 Å². The third-order valence-electron chi connectivity index (χ3n) is 5.57. The number of aromatic amines is 1. The number of rotatable bonds is 4. The molecule has 0 aliphatic heterocycles. The third kappa shape index (κ3) is 2.50. The van der Waals surface area contributed by atoms with Gasteiger partial charge in [0.05, 0.1) is 5.52 Å². The highest BCUT2D eigenvalue weighted by molar-refractivity contribution is 6.34. The number of H-pyrrole nitrogens is 1. The molecule has 5 aromatic rings. The average molecular weight is 389 g/mol. The first kappa shape index (κ1) is 17.2. The fourth-order valence-corrected chi connectivity index (χ4v) is 4.50. The van der Waals surface area contributed by atoms with Gasteiger partial charge in [0.15, 0.2) is 0 Å². The lowest BCUT2D eigenvalue weighted by Gasteiger charge is -2.10. The molecule has 3 nitrogen and oxygen atoms in total. The Morgan fingerprint density at radius 3 is 2.57 bits per heavy atom. The van der Waals surface area contributed by atoms with Gasteiger partial charge in [-0.2, -0.15) is 0 Å². The predicted molar refractivity (Wildman–Crippen MR) is 118 cm³/mol. The van der Waals surface area contributed by atoms with Crippen LogP contribution >= 0.6 is 11.6 Å². The first-order chi connectivity index (χ1) is 13.7. The summed E-state index contributed by atoms with van der Waals surface area (Å²) in [6.45, 7) is 3.15. The summed E-state index contributed by atoms with van der Waals surface area (Å²) in [4.78, 5) is 3.28. The van der Waals surface area contributed by atoms with Crippen molar-refractivity contribution in [3.05, 3.63) is 65.9 Å². The molecule has 3 aromatic carbocycles. The van der Waals surface area contributed by atoms with E-state index in [1.54, 1.807) is 6.07 Å². The number of halogens is 1. The average Bonchev–Trinajstić information content (AvgIpc) is 3.28. The minimum absolute atomic E-state index is 0.293. The molecule has 140 valence electrons. The van der Waals surface area contributed by atoms with E-state index in [0.717, 1.165) is 57.2 Å². The summed E-state index contributed by atoms with van der Waals surface area (Å²) >= 11 is 6.55. The van der Waals surface area contributed by atoms with Gasteiger partial charge in [-0.3, -0.25) is 0 Å². The number of aromatic hydroxyl groups is 1. The fourth-order valence-electron chi connectivity index (χ4n) is 4.26. The van der Waals surface area contributed by atoms with Crippen molar-refractivity contribution in [3.63, 3.8) is 0 Å². The van der Waals surface area contributed by atoms with Gasteiger partial charge < -0.3 is 14.7 Å². The van der Waals surface area contributed by atoms with Crippen LogP contribution in [0.25, 0.3) is 43.7 Å². The minimum atomic E-state index is 0.293. The van der Waals surface area contributed by atoms with Crippen LogP contribution in [-0.2, 0) is 6.54 Å². The van der Waals surface area contributed by atoms with E-state index in [2.05, 4.69) is 28.6 Å². The molecular formula is C24H21ClN2O. The Kier molecular flexibility index (Phi) is 4.06. The molecule has 4 heteroatoms. The molecule has 0 fully saturated rings. The lowest BCUT2D eigenvalue weighted by atomic mass is 9.97. The Labute approximate surface area is 168 Å². The van der Waals surface area contributed by atoms with E-state index in [1.165, 1.54) is 10.9 Å². The highest BCUT2D eigenvalue weighted by Crippen LogP contribution is 2.42. The van der Waals surface area contributed by atoms with Gasteiger partial charge >= 0.3 is 0 Å². The standard InChI is InChI=1S/C24H21ClN2O/c1-2-3-10-27-22-9-8-15(28)11-18(22)24-20-14-26-13-19(20)17(12-23(24)27)16-6-4-5-7-21(16)25/h4-9,11-14,26,28H,2-3,10H2,1H3. The smallest absolute Gasteiger partial charge is 0.116 e. The van der Waals surface area contributed by atoms with Crippen LogP contribution in [0, 0.1) is 0 Å². The molecule has 2 aromatic heterocycles. The Hall–Kier alpha value is -2.91. The van der Waals surface area contributed by atoms with Crippen molar-refractivity contribution in [2.45, 2.75) is 26.3 Å². The second kappa shape index (κ2) is 6.61. The molecule has 5 rings (SSSR count). The van der Waals surface area contributed by atoms with Crippen molar-refractivity contribution >= 4 is 44.2 Å². The van der Waals surface area contributed by atoms with E-state index in [0.29, 0.717) is 5.75 Å². The molecule has 0 aliphatic rings. The van der Waals surface area contributed by atoms with Gasteiger partial charge in [0.2, 0.25) is 0 Å². The van der Waals surface area contributed by atoms with Gasteiger partial charge in [0, 0.05) is 56.6 Å². The zero-order chi connectivity index (χ0) is 19.3. The van der Waals surface area contributed by atoms with Crippen LogP contribution < -0.4 is 0 Å². The quantitative estimate of drug-likeness (QED) is 0.338. The molecule has 2 N–H and O–H groups in total. The van der Waals surface area contributed by atoms with Gasteiger partial charge in [-0.1, -0.05) is 43.1 Å². The molecule has 28 heavy (non-hydrogen) atoms. The Balaban J connectivity index is 1.95. The SMILES string of the molecule is CCCCn1c2ccc(O)cc2c2c3c[nH]cc3c(-c3ccccc3Cl)cc21. The van der Waals surface area contributed by atoms with E-state index < -0.39 is 0 Å². The maximum atomic E-state index is 10.1. The summed E-state index contributed by atoms with van der Waals surface area (Å²) < 4.78 is 2.38. The van der Waals surface area contributed by atoms with Crippen LogP contribution in [0.4, 0.5) is 0 Å². The number of nitrogens with one attached hydrogen (secondary N) is 1. The summed E-state index contributed by atoms with van der Waals surface area (Å²) in [5, 5.41) is 15.4. The number of phenolic OH excluding ortho intramolecular Hbond substituents is 1. The van der Waals surface area contributed by atoms with Gasteiger partial charge in [-0.05, 0) is 42.3 Å². The number of benzene rings is 3. The summed E-state index contributed by atoms with van der Waals surface area (Å²) in [6.07, 6.45) is 6.31. The predicted octanol–water partition coefficient (Wildman–Crippen LogP) is 7.10. The van der Waals surface area contributed by atoms with Gasteiger partial charge in [-0.25, -0.2) is 0 Å². The molecule has 0 unspecified atom stereocenters. The van der Waals surface area contributed by atoms with Crippen LogP contribution in [0.5, 0.6) is 5.75 Å². The summed E-state index contributed by atoms with van der Waals surface area (Å²) in [6, 6.07) is 15.9. The van der Waals surface area contributed by atoms with Crippen LogP contribution in [0.15, 0.2) is 60.9 Å². The van der Waals surface area contributed by atoms with Crippen molar-refractivity contribution in [2.75, 3.05) is 0 Å². The van der Waals surface area contributed by atoms with Crippen LogP contribution in [0.3, 0.4) is 0 Å². The van der Waals surface area contributed by atoms with E-state index >= 15 is 0 Å². The van der Waals surface area contributed by atoms with Crippen LogP contribution in [0.2, 0.25) is 5.02 Å². The highest BCUT2D eigenvalue weighted by atomic mass is 35.5. The number of phenols is 1. The van der Waals surface area contributed by atoms with Crippen molar-refractivity contribution < 1.29 is 5.11 Å². The molecule has 0 saturated heterocycles. The molecular weight excluding hydrogens is 368 g/mol. The Bertz CT molecular complexity index is 1330. The second-order valence-corrected chi connectivity index (χ2v) is 7.69. The number of aromatic nitrogens is 2. The number of fused-ring (bicyclic) bond motifs is 5. The molecule has 0 saturated carbocycles. The third-order valence-corrected chi connectivity index (χ3v) is 5.90. The largest absolute Gasteiger partial charge is 0.508 e.